The van der Waals surface area contributed by atoms with Gasteiger partial charge in [-0.2, -0.15) is 5.10 Å². The summed E-state index contributed by atoms with van der Waals surface area (Å²) < 4.78 is 7.08. The predicted molar refractivity (Wildman–Crippen MR) is 124 cm³/mol. The van der Waals surface area contributed by atoms with E-state index >= 15 is 0 Å². The number of hydrogen-bond donors (Lipinski definition) is 3. The Morgan fingerprint density at radius 2 is 1.68 bits per heavy atom. The molecule has 2 amide bonds. The highest BCUT2D eigenvalue weighted by atomic mass is 16.5. The molecular weight excluding hydrogens is 436 g/mol. The van der Waals surface area contributed by atoms with Crippen molar-refractivity contribution in [3.63, 3.8) is 0 Å². The molecule has 0 saturated carbocycles. The van der Waals surface area contributed by atoms with Crippen LogP contribution in [0.15, 0.2) is 60.9 Å². The van der Waals surface area contributed by atoms with Crippen LogP contribution < -0.4 is 10.6 Å². The van der Waals surface area contributed by atoms with Crippen molar-refractivity contribution in [1.29, 1.82) is 0 Å². The molecule has 2 aromatic carbocycles. The maximum absolute atomic E-state index is 12.9. The highest BCUT2D eigenvalue weighted by molar-refractivity contribution is 5.87. The largest absolute Gasteiger partial charge is 0.481 e. The predicted octanol–water partition coefficient (Wildman–Crippen LogP) is 2.98. The number of carbonyl (C=O) groups is 3. The van der Waals surface area contributed by atoms with Crippen molar-refractivity contribution in [2.75, 3.05) is 6.61 Å². The number of nitrogens with zero attached hydrogens (tertiary/aromatic N) is 2. The molecule has 0 spiro atoms. The minimum atomic E-state index is -1.08. The Morgan fingerprint density at radius 1 is 1.06 bits per heavy atom. The topological polar surface area (TPSA) is 123 Å². The number of aliphatic carboxylic acids is 1. The summed E-state index contributed by atoms with van der Waals surface area (Å²) in [4.78, 5) is 36.5. The second-order valence-corrected chi connectivity index (χ2v) is 8.36. The van der Waals surface area contributed by atoms with Gasteiger partial charge in [0.25, 0.3) is 0 Å². The van der Waals surface area contributed by atoms with Gasteiger partial charge in [0.1, 0.15) is 12.6 Å². The van der Waals surface area contributed by atoms with E-state index in [1.54, 1.807) is 20.2 Å². The highest BCUT2D eigenvalue weighted by Gasteiger charge is 2.30. The van der Waals surface area contributed by atoms with Gasteiger partial charge in [0.05, 0.1) is 12.6 Å². The number of carbonyl (C=O) groups excluding carboxylic acids is 2. The van der Waals surface area contributed by atoms with E-state index in [-0.39, 0.29) is 18.9 Å². The van der Waals surface area contributed by atoms with Gasteiger partial charge >= 0.3 is 12.1 Å². The van der Waals surface area contributed by atoms with Crippen LogP contribution in [-0.4, -0.2) is 45.5 Å². The van der Waals surface area contributed by atoms with E-state index in [1.807, 2.05) is 36.4 Å². The minimum absolute atomic E-state index is 0.108. The van der Waals surface area contributed by atoms with Crippen LogP contribution >= 0.6 is 0 Å². The smallest absolute Gasteiger partial charge is 0.408 e. The Labute approximate surface area is 196 Å². The summed E-state index contributed by atoms with van der Waals surface area (Å²) in [6, 6.07) is 14.3. The zero-order valence-corrected chi connectivity index (χ0v) is 18.9. The average Bonchev–Trinajstić information content (AvgIpc) is 3.36. The standard InChI is InChI=1S/C25H26N4O5/c1-15(11-22(30)31)27-24(32)23(16-12-26-29(2)13-16)28-25(33)34-14-21-19-9-5-3-7-17(19)18-8-4-6-10-20(18)21/h3-10,12-13,15,21,23H,11,14H2,1-2H3,(H,27,32)(H,28,33)(H,30,31). The molecule has 0 fully saturated rings. The Bertz CT molecular complexity index is 1180. The monoisotopic (exact) mass is 462 g/mol. The van der Waals surface area contributed by atoms with Crippen molar-refractivity contribution in [3.05, 3.63) is 77.6 Å². The summed E-state index contributed by atoms with van der Waals surface area (Å²) in [7, 11) is 1.69. The Hall–Kier alpha value is -4.14. The molecule has 3 aromatic rings. The SMILES string of the molecule is CC(CC(=O)O)NC(=O)C(NC(=O)OCC1c2ccccc2-c2ccccc21)c1cnn(C)c1. The van der Waals surface area contributed by atoms with Crippen LogP contribution in [0, 0.1) is 0 Å². The summed E-state index contributed by atoms with van der Waals surface area (Å²) in [6.07, 6.45) is 2.08. The number of benzene rings is 2. The summed E-state index contributed by atoms with van der Waals surface area (Å²) >= 11 is 0. The number of ether oxygens (including phenoxy) is 1. The number of amides is 2. The van der Waals surface area contributed by atoms with E-state index in [9.17, 15) is 14.4 Å². The van der Waals surface area contributed by atoms with Crippen molar-refractivity contribution >= 4 is 18.0 Å². The number of carboxylic acid groups (broad SMARTS) is 1. The fourth-order valence-electron chi connectivity index (χ4n) is 4.29. The van der Waals surface area contributed by atoms with Crippen LogP contribution in [0.5, 0.6) is 0 Å². The zero-order valence-electron chi connectivity index (χ0n) is 18.9. The molecule has 1 aromatic heterocycles. The van der Waals surface area contributed by atoms with E-state index in [4.69, 9.17) is 9.84 Å². The first kappa shape index (κ1) is 23.0. The fourth-order valence-corrected chi connectivity index (χ4v) is 4.29. The quantitative estimate of drug-likeness (QED) is 0.473. The van der Waals surface area contributed by atoms with E-state index in [2.05, 4.69) is 27.9 Å². The van der Waals surface area contributed by atoms with Gasteiger partial charge in [0.2, 0.25) is 5.91 Å². The van der Waals surface area contributed by atoms with Crippen LogP contribution in [0.4, 0.5) is 4.79 Å². The molecule has 34 heavy (non-hydrogen) atoms. The maximum atomic E-state index is 12.9. The van der Waals surface area contributed by atoms with Crippen molar-refractivity contribution < 1.29 is 24.2 Å². The van der Waals surface area contributed by atoms with Gasteiger partial charge < -0.3 is 20.5 Å². The maximum Gasteiger partial charge on any atom is 0.408 e. The second kappa shape index (κ2) is 9.78. The van der Waals surface area contributed by atoms with Crippen LogP contribution in [0.25, 0.3) is 11.1 Å². The first-order valence-electron chi connectivity index (χ1n) is 11.0. The third-order valence-corrected chi connectivity index (χ3v) is 5.80. The van der Waals surface area contributed by atoms with E-state index in [0.717, 1.165) is 22.3 Å². The van der Waals surface area contributed by atoms with Gasteiger partial charge in [-0.3, -0.25) is 14.3 Å². The third kappa shape index (κ3) is 4.93. The molecule has 0 radical (unpaired) electrons. The Balaban J connectivity index is 1.46. The summed E-state index contributed by atoms with van der Waals surface area (Å²) in [5.74, 6) is -1.69. The van der Waals surface area contributed by atoms with Gasteiger partial charge in [-0.15, -0.1) is 0 Å². The molecule has 1 aliphatic carbocycles. The van der Waals surface area contributed by atoms with Crippen LogP contribution in [0.3, 0.4) is 0 Å². The van der Waals surface area contributed by atoms with Gasteiger partial charge in [-0.1, -0.05) is 48.5 Å². The zero-order chi connectivity index (χ0) is 24.2. The Morgan fingerprint density at radius 3 is 2.24 bits per heavy atom. The Kier molecular flexibility index (Phi) is 6.62. The lowest BCUT2D eigenvalue weighted by molar-refractivity contribution is -0.137. The number of alkyl carbamates (subject to hydrolysis) is 1. The molecule has 1 heterocycles. The molecular formula is C25H26N4O5. The third-order valence-electron chi connectivity index (χ3n) is 5.80. The summed E-state index contributed by atoms with van der Waals surface area (Å²) in [5.41, 5.74) is 4.86. The molecule has 9 nitrogen and oxygen atoms in total. The molecule has 0 aliphatic heterocycles. The first-order valence-corrected chi connectivity index (χ1v) is 11.0. The molecule has 3 N–H and O–H groups in total. The van der Waals surface area contributed by atoms with E-state index in [1.165, 1.54) is 10.9 Å². The molecule has 4 rings (SSSR count). The van der Waals surface area contributed by atoms with Gasteiger partial charge in [0, 0.05) is 30.8 Å². The second-order valence-electron chi connectivity index (χ2n) is 8.36. The molecule has 9 heteroatoms. The van der Waals surface area contributed by atoms with Crippen LogP contribution in [0.2, 0.25) is 0 Å². The van der Waals surface area contributed by atoms with Crippen molar-refractivity contribution in [2.45, 2.75) is 31.3 Å². The number of aryl methyl sites for hydroxylation is 1. The van der Waals surface area contributed by atoms with Crippen molar-refractivity contribution in [1.82, 2.24) is 20.4 Å². The highest BCUT2D eigenvalue weighted by Crippen LogP contribution is 2.44. The number of rotatable bonds is 8. The number of nitrogens with one attached hydrogen (secondary N) is 2. The van der Waals surface area contributed by atoms with E-state index in [0.29, 0.717) is 5.56 Å². The number of carboxylic acids is 1. The van der Waals surface area contributed by atoms with Crippen LogP contribution in [-0.2, 0) is 21.4 Å². The van der Waals surface area contributed by atoms with Crippen molar-refractivity contribution in [2.24, 2.45) is 7.05 Å². The van der Waals surface area contributed by atoms with Gasteiger partial charge in [0.15, 0.2) is 0 Å². The number of fused-ring (bicyclic) bond motifs is 3. The molecule has 176 valence electrons. The minimum Gasteiger partial charge on any atom is -0.481 e. The fraction of sp³-hybridized carbons (Fsp3) is 0.280. The lowest BCUT2D eigenvalue weighted by atomic mass is 9.98. The van der Waals surface area contributed by atoms with Crippen LogP contribution in [0.1, 0.15) is 42.0 Å². The normalized spacial score (nSPS) is 13.9. The molecule has 0 bridgehead atoms. The average molecular weight is 463 g/mol. The molecule has 0 saturated heterocycles. The molecule has 1 aliphatic rings. The summed E-state index contributed by atoms with van der Waals surface area (Å²) in [5, 5.41) is 18.2. The number of hydrogen-bond acceptors (Lipinski definition) is 5. The number of aromatic nitrogens is 2. The molecule has 2 atom stereocenters. The lowest BCUT2D eigenvalue weighted by Crippen LogP contribution is -2.44. The van der Waals surface area contributed by atoms with Gasteiger partial charge in [-0.25, -0.2) is 4.79 Å². The van der Waals surface area contributed by atoms with E-state index < -0.39 is 30.1 Å². The molecule has 2 unspecified atom stereocenters. The first-order chi connectivity index (χ1) is 16.3. The van der Waals surface area contributed by atoms with Crippen molar-refractivity contribution in [3.8, 4) is 11.1 Å². The van der Waals surface area contributed by atoms with Gasteiger partial charge in [-0.05, 0) is 29.2 Å². The lowest BCUT2D eigenvalue weighted by Gasteiger charge is -2.20. The summed E-state index contributed by atoms with van der Waals surface area (Å²) in [6.45, 7) is 1.69.